The van der Waals surface area contributed by atoms with E-state index in [1.54, 1.807) is 0 Å². The minimum Gasteiger partial charge on any atom is -0.357 e. The molecule has 1 aliphatic heterocycles. The van der Waals surface area contributed by atoms with Gasteiger partial charge in [0.1, 0.15) is 6.54 Å². The van der Waals surface area contributed by atoms with Crippen LogP contribution in [0.4, 0.5) is 0 Å². The van der Waals surface area contributed by atoms with E-state index in [0.29, 0.717) is 5.96 Å². The van der Waals surface area contributed by atoms with E-state index in [-0.39, 0.29) is 36.4 Å². The summed E-state index contributed by atoms with van der Waals surface area (Å²) in [5, 5.41) is 6.51. The smallest absolute Gasteiger partial charge is 0.244 e. The zero-order valence-corrected chi connectivity index (χ0v) is 18.2. The quantitative estimate of drug-likeness (QED) is 0.274. The van der Waals surface area contributed by atoms with Crippen LogP contribution in [0.3, 0.4) is 0 Å². The van der Waals surface area contributed by atoms with Gasteiger partial charge in [-0.15, -0.1) is 24.0 Å². The molecule has 8 heteroatoms. The molecule has 1 saturated heterocycles. The molecule has 0 atom stereocenters. The molecule has 0 aliphatic carbocycles. The molecule has 148 valence electrons. The number of guanidine groups is 1. The topological polar surface area (TPSA) is 74.6 Å². The van der Waals surface area contributed by atoms with Gasteiger partial charge in [-0.3, -0.25) is 4.79 Å². The Morgan fingerprint density at radius 3 is 2.78 bits per heavy atom. The summed E-state index contributed by atoms with van der Waals surface area (Å²) in [6.07, 6.45) is 5.05. The van der Waals surface area contributed by atoms with Crippen molar-refractivity contribution in [3.63, 3.8) is 0 Å². The average Bonchev–Trinajstić information content (AvgIpc) is 3.33. The Morgan fingerprint density at radius 2 is 2.00 bits per heavy atom. The van der Waals surface area contributed by atoms with Gasteiger partial charge < -0.3 is 20.1 Å². The number of imidazole rings is 1. The molecule has 0 bridgehead atoms. The highest BCUT2D eigenvalue weighted by atomic mass is 127. The SMILES string of the molecule is CCNC(=NCC(=O)N1CCCC1)NCCCn1cnc2ccccc21.I. The van der Waals surface area contributed by atoms with Gasteiger partial charge >= 0.3 is 0 Å². The third-order valence-corrected chi connectivity index (χ3v) is 4.57. The molecule has 1 fully saturated rings. The molecule has 1 aromatic carbocycles. The van der Waals surface area contributed by atoms with Gasteiger partial charge in [-0.05, 0) is 38.3 Å². The molecule has 0 saturated carbocycles. The van der Waals surface area contributed by atoms with Gasteiger partial charge in [-0.2, -0.15) is 0 Å². The summed E-state index contributed by atoms with van der Waals surface area (Å²) >= 11 is 0. The van der Waals surface area contributed by atoms with Gasteiger partial charge in [0.15, 0.2) is 5.96 Å². The maximum Gasteiger partial charge on any atom is 0.244 e. The van der Waals surface area contributed by atoms with Gasteiger partial charge in [0.2, 0.25) is 5.91 Å². The third-order valence-electron chi connectivity index (χ3n) is 4.57. The zero-order valence-electron chi connectivity index (χ0n) is 15.9. The number of aromatic nitrogens is 2. The van der Waals surface area contributed by atoms with Crippen LogP contribution in [-0.2, 0) is 11.3 Å². The van der Waals surface area contributed by atoms with E-state index in [1.165, 1.54) is 0 Å². The molecule has 1 aromatic heterocycles. The zero-order chi connectivity index (χ0) is 18.2. The number of fused-ring (bicyclic) bond motifs is 1. The highest BCUT2D eigenvalue weighted by molar-refractivity contribution is 14.0. The summed E-state index contributed by atoms with van der Waals surface area (Å²) in [4.78, 5) is 22.9. The van der Waals surface area contributed by atoms with Gasteiger partial charge in [0, 0.05) is 32.7 Å². The number of carbonyl (C=O) groups is 1. The predicted octanol–water partition coefficient (Wildman–Crippen LogP) is 2.22. The van der Waals surface area contributed by atoms with Crippen LogP contribution >= 0.6 is 24.0 Å². The fourth-order valence-electron chi connectivity index (χ4n) is 3.20. The number of carbonyl (C=O) groups excluding carboxylic acids is 1. The van der Waals surface area contributed by atoms with Crippen LogP contribution in [0.2, 0.25) is 0 Å². The average molecular weight is 484 g/mol. The van der Waals surface area contributed by atoms with Gasteiger partial charge in [-0.1, -0.05) is 12.1 Å². The highest BCUT2D eigenvalue weighted by Crippen LogP contribution is 2.11. The lowest BCUT2D eigenvalue weighted by molar-refractivity contribution is -0.128. The first kappa shape index (κ1) is 21.5. The standard InChI is InChI=1S/C19H28N6O.HI/c1-2-20-19(22-14-18(26)24-11-5-6-12-24)21-10-7-13-25-15-23-16-8-3-4-9-17(16)25;/h3-4,8-9,15H,2,5-7,10-14H2,1H3,(H2,20,21,22);1H. The van der Waals surface area contributed by atoms with Crippen LogP contribution in [0.15, 0.2) is 35.6 Å². The van der Waals surface area contributed by atoms with Crippen LogP contribution in [-0.4, -0.2) is 59.0 Å². The molecule has 2 aromatic rings. The molecule has 7 nitrogen and oxygen atoms in total. The molecule has 3 rings (SSSR count). The lowest BCUT2D eigenvalue weighted by Gasteiger charge is -2.15. The Hall–Kier alpha value is -1.84. The Balaban J connectivity index is 0.00000261. The first-order valence-corrected chi connectivity index (χ1v) is 9.47. The monoisotopic (exact) mass is 484 g/mol. The number of halogens is 1. The van der Waals surface area contributed by atoms with E-state index in [4.69, 9.17) is 0 Å². The Kier molecular flexibility index (Phi) is 8.83. The second-order valence-electron chi connectivity index (χ2n) is 6.49. The maximum absolute atomic E-state index is 12.1. The van der Waals surface area contributed by atoms with Gasteiger partial charge in [0.25, 0.3) is 0 Å². The van der Waals surface area contributed by atoms with Crippen LogP contribution in [0, 0.1) is 0 Å². The number of likely N-dealkylation sites (tertiary alicyclic amines) is 1. The minimum absolute atomic E-state index is 0. The number of amides is 1. The Labute approximate surface area is 177 Å². The van der Waals surface area contributed by atoms with Crippen LogP contribution in [0.1, 0.15) is 26.2 Å². The van der Waals surface area contributed by atoms with E-state index < -0.39 is 0 Å². The summed E-state index contributed by atoms with van der Waals surface area (Å²) in [6, 6.07) is 8.15. The summed E-state index contributed by atoms with van der Waals surface area (Å²) in [5.41, 5.74) is 2.18. The highest BCUT2D eigenvalue weighted by Gasteiger charge is 2.17. The molecule has 1 aliphatic rings. The summed E-state index contributed by atoms with van der Waals surface area (Å²) in [7, 11) is 0. The third kappa shape index (κ3) is 6.08. The van der Waals surface area contributed by atoms with E-state index >= 15 is 0 Å². The first-order valence-electron chi connectivity index (χ1n) is 9.47. The number of aryl methyl sites for hydroxylation is 1. The molecular weight excluding hydrogens is 455 g/mol. The number of hydrogen-bond acceptors (Lipinski definition) is 3. The second-order valence-corrected chi connectivity index (χ2v) is 6.49. The molecule has 0 spiro atoms. The lowest BCUT2D eigenvalue weighted by Crippen LogP contribution is -2.39. The maximum atomic E-state index is 12.1. The second kappa shape index (κ2) is 11.1. The molecule has 1 amide bonds. The van der Waals surface area contributed by atoms with Crippen molar-refractivity contribution in [3.8, 4) is 0 Å². The number of hydrogen-bond donors (Lipinski definition) is 2. The van der Waals surface area contributed by atoms with Crippen LogP contribution in [0.5, 0.6) is 0 Å². The van der Waals surface area contributed by atoms with E-state index in [1.807, 2.05) is 36.4 Å². The van der Waals surface area contributed by atoms with E-state index in [2.05, 4.69) is 31.2 Å². The van der Waals surface area contributed by atoms with Gasteiger partial charge in [0.05, 0.1) is 17.4 Å². The number of nitrogens with one attached hydrogen (secondary N) is 2. The number of aliphatic imine (C=N–C) groups is 1. The van der Waals surface area contributed by atoms with Gasteiger partial charge in [-0.25, -0.2) is 9.98 Å². The molecular formula is C19H29IN6O. The number of para-hydroxylation sites is 2. The van der Waals surface area contributed by atoms with Crippen LogP contribution < -0.4 is 10.6 Å². The Bertz CT molecular complexity index is 753. The fourth-order valence-corrected chi connectivity index (χ4v) is 3.20. The van der Waals surface area contributed by atoms with Crippen molar-refractivity contribution >= 4 is 46.9 Å². The largest absolute Gasteiger partial charge is 0.357 e. The summed E-state index contributed by atoms with van der Waals surface area (Å²) in [5.74, 6) is 0.820. The first-order chi connectivity index (χ1) is 12.8. The van der Waals surface area contributed by atoms with Crippen molar-refractivity contribution in [2.45, 2.75) is 32.7 Å². The van der Waals surface area contributed by atoms with Crippen molar-refractivity contribution in [3.05, 3.63) is 30.6 Å². The van der Waals surface area contributed by atoms with Crippen molar-refractivity contribution in [2.75, 3.05) is 32.7 Å². The van der Waals surface area contributed by atoms with Crippen molar-refractivity contribution in [1.82, 2.24) is 25.1 Å². The van der Waals surface area contributed by atoms with Crippen LogP contribution in [0.25, 0.3) is 11.0 Å². The normalized spacial score (nSPS) is 14.3. The predicted molar refractivity (Wildman–Crippen MR) is 120 cm³/mol. The number of benzene rings is 1. The molecule has 27 heavy (non-hydrogen) atoms. The lowest BCUT2D eigenvalue weighted by atomic mass is 10.3. The molecule has 0 radical (unpaired) electrons. The molecule has 2 heterocycles. The molecule has 2 N–H and O–H groups in total. The van der Waals surface area contributed by atoms with Crippen molar-refractivity contribution in [1.29, 1.82) is 0 Å². The minimum atomic E-state index is 0. The Morgan fingerprint density at radius 1 is 1.22 bits per heavy atom. The van der Waals surface area contributed by atoms with Crippen molar-refractivity contribution < 1.29 is 4.79 Å². The van der Waals surface area contributed by atoms with Crippen molar-refractivity contribution in [2.24, 2.45) is 4.99 Å². The number of nitrogens with zero attached hydrogens (tertiary/aromatic N) is 4. The molecule has 0 unspecified atom stereocenters. The van der Waals surface area contributed by atoms with E-state index in [0.717, 1.165) is 63.0 Å². The fraction of sp³-hybridized carbons (Fsp3) is 0.526. The number of rotatable bonds is 7. The summed E-state index contributed by atoms with van der Waals surface area (Å²) in [6.45, 7) is 6.43. The summed E-state index contributed by atoms with van der Waals surface area (Å²) < 4.78 is 2.16. The van der Waals surface area contributed by atoms with E-state index in [9.17, 15) is 4.79 Å².